The first-order chi connectivity index (χ1) is 16.1. The summed E-state index contributed by atoms with van der Waals surface area (Å²) >= 11 is 0. The molecule has 0 aromatic rings. The van der Waals surface area contributed by atoms with Gasteiger partial charge in [-0.15, -0.1) is 0 Å². The Balaban J connectivity index is 1.45. The molecule has 35 heavy (non-hydrogen) atoms. The largest absolute Gasteiger partial charge is 0.393 e. The molecular formula is C30H48O5. The minimum atomic E-state index is -1.30. The second-order valence-corrected chi connectivity index (χ2v) is 14.7. The van der Waals surface area contributed by atoms with E-state index in [0.29, 0.717) is 11.8 Å². The van der Waals surface area contributed by atoms with E-state index in [9.17, 15) is 20.1 Å². The van der Waals surface area contributed by atoms with Crippen LogP contribution < -0.4 is 0 Å². The molecule has 0 aromatic heterocycles. The summed E-state index contributed by atoms with van der Waals surface area (Å²) in [6.45, 7) is 15.0. The standard InChI is InChI=1S/C30H48O5/c1-26(2)22-9-8-20-19(28(22,5)13-12-23(26)32)11-15-29(6)18(10-14-30(20,29)7)17-16-21(31)24(27(3,4)34)35-25(17)33/h8,17-19,22-25,32-34H,9-16H2,1-7H3. The number of hydrogen-bond donors (Lipinski definition) is 3. The lowest BCUT2D eigenvalue weighted by Crippen LogP contribution is -2.59. The zero-order valence-electron chi connectivity index (χ0n) is 22.9. The maximum atomic E-state index is 13.0. The zero-order valence-corrected chi connectivity index (χ0v) is 22.9. The predicted molar refractivity (Wildman–Crippen MR) is 135 cm³/mol. The van der Waals surface area contributed by atoms with Crippen molar-refractivity contribution in [2.75, 3.05) is 0 Å². The van der Waals surface area contributed by atoms with Gasteiger partial charge in [0.2, 0.25) is 0 Å². The second kappa shape index (κ2) is 7.88. The molecule has 3 N–H and O–H groups in total. The molecule has 10 unspecified atom stereocenters. The van der Waals surface area contributed by atoms with Crippen molar-refractivity contribution in [2.45, 2.75) is 124 Å². The molecule has 3 saturated carbocycles. The number of fused-ring (bicyclic) bond motifs is 5. The third kappa shape index (κ3) is 3.43. The Morgan fingerprint density at radius 3 is 2.34 bits per heavy atom. The van der Waals surface area contributed by atoms with Crippen LogP contribution in [0.1, 0.15) is 99.8 Å². The van der Waals surface area contributed by atoms with Crippen molar-refractivity contribution in [2.24, 2.45) is 45.3 Å². The highest BCUT2D eigenvalue weighted by Gasteiger charge is 2.66. The van der Waals surface area contributed by atoms with Crippen LogP contribution >= 0.6 is 0 Å². The van der Waals surface area contributed by atoms with Crippen LogP contribution in [0, 0.1) is 45.3 Å². The van der Waals surface area contributed by atoms with E-state index in [1.54, 1.807) is 19.4 Å². The van der Waals surface area contributed by atoms with Crippen molar-refractivity contribution in [1.82, 2.24) is 0 Å². The highest BCUT2D eigenvalue weighted by molar-refractivity contribution is 5.85. The number of carbonyl (C=O) groups is 1. The molecule has 0 radical (unpaired) electrons. The van der Waals surface area contributed by atoms with Crippen LogP contribution in [0.5, 0.6) is 0 Å². The molecule has 5 aliphatic rings. The smallest absolute Gasteiger partial charge is 0.165 e. The van der Waals surface area contributed by atoms with Gasteiger partial charge in [0, 0.05) is 12.3 Å². The van der Waals surface area contributed by atoms with E-state index in [-0.39, 0.29) is 51.8 Å². The highest BCUT2D eigenvalue weighted by Crippen LogP contribution is 2.73. The van der Waals surface area contributed by atoms with Gasteiger partial charge in [0.25, 0.3) is 0 Å². The summed E-state index contributed by atoms with van der Waals surface area (Å²) in [4.78, 5) is 13.0. The van der Waals surface area contributed by atoms with Crippen molar-refractivity contribution in [3.05, 3.63) is 11.6 Å². The number of Topliss-reactive ketones (excluding diaryl/α,β-unsaturated/α-hetero) is 1. The molecule has 0 bridgehead atoms. The van der Waals surface area contributed by atoms with Crippen LogP contribution in [0.15, 0.2) is 11.6 Å². The summed E-state index contributed by atoms with van der Waals surface area (Å²) in [6.07, 6.45) is 7.91. The Bertz CT molecular complexity index is 916. The molecule has 4 fully saturated rings. The SMILES string of the molecule is CC(C)(O)C1OC(O)C(C2CCC3(C)C4=CCC5C(C)(C)C(O)CCC5(C)C4CCC23C)CC1=O. The van der Waals surface area contributed by atoms with E-state index >= 15 is 0 Å². The van der Waals surface area contributed by atoms with Crippen molar-refractivity contribution >= 4 is 5.78 Å². The molecule has 10 atom stereocenters. The maximum Gasteiger partial charge on any atom is 0.165 e. The third-order valence-corrected chi connectivity index (χ3v) is 12.4. The summed E-state index contributed by atoms with van der Waals surface area (Å²) in [5, 5.41) is 32.3. The first kappa shape index (κ1) is 25.9. The van der Waals surface area contributed by atoms with Crippen LogP contribution in [0.4, 0.5) is 0 Å². The van der Waals surface area contributed by atoms with Gasteiger partial charge in [-0.05, 0) is 98.2 Å². The van der Waals surface area contributed by atoms with Gasteiger partial charge in [-0.3, -0.25) is 4.79 Å². The Labute approximate surface area is 211 Å². The molecule has 1 aliphatic heterocycles. The molecule has 1 heterocycles. The first-order valence-corrected chi connectivity index (χ1v) is 14.0. The number of carbonyl (C=O) groups excluding carboxylic acids is 1. The molecule has 1 saturated heterocycles. The third-order valence-electron chi connectivity index (χ3n) is 12.4. The lowest BCUT2D eigenvalue weighted by atomic mass is 9.41. The van der Waals surface area contributed by atoms with Gasteiger partial charge in [0.15, 0.2) is 12.1 Å². The summed E-state index contributed by atoms with van der Waals surface area (Å²) in [5.74, 6) is 0.932. The van der Waals surface area contributed by atoms with Crippen molar-refractivity contribution in [3.8, 4) is 0 Å². The number of aliphatic hydroxyl groups excluding tert-OH is 2. The van der Waals surface area contributed by atoms with Crippen LogP contribution in [0.2, 0.25) is 0 Å². The van der Waals surface area contributed by atoms with Crippen molar-refractivity contribution in [3.63, 3.8) is 0 Å². The van der Waals surface area contributed by atoms with Crippen LogP contribution in [0.3, 0.4) is 0 Å². The van der Waals surface area contributed by atoms with Crippen LogP contribution in [-0.4, -0.2) is 45.2 Å². The van der Waals surface area contributed by atoms with E-state index in [4.69, 9.17) is 4.74 Å². The predicted octanol–water partition coefficient (Wildman–Crippen LogP) is 5.02. The first-order valence-electron chi connectivity index (χ1n) is 14.0. The molecule has 4 aliphatic carbocycles. The van der Waals surface area contributed by atoms with Crippen LogP contribution in [0.25, 0.3) is 0 Å². The van der Waals surface area contributed by atoms with E-state index in [2.05, 4.69) is 40.7 Å². The normalized spacial score (nSPS) is 51.8. The number of hydrogen-bond acceptors (Lipinski definition) is 5. The summed E-state index contributed by atoms with van der Waals surface area (Å²) in [6, 6.07) is 0. The van der Waals surface area contributed by atoms with E-state index in [1.165, 1.54) is 0 Å². The number of rotatable bonds is 2. The Morgan fingerprint density at radius 1 is 1.00 bits per heavy atom. The van der Waals surface area contributed by atoms with Gasteiger partial charge in [-0.1, -0.05) is 46.3 Å². The fraction of sp³-hybridized carbons (Fsp3) is 0.900. The minimum absolute atomic E-state index is 0.000908. The summed E-state index contributed by atoms with van der Waals surface area (Å²) in [5.41, 5.74) is 0.500. The van der Waals surface area contributed by atoms with E-state index in [0.717, 1.165) is 44.9 Å². The maximum absolute atomic E-state index is 13.0. The molecule has 5 nitrogen and oxygen atoms in total. The van der Waals surface area contributed by atoms with Crippen molar-refractivity contribution in [1.29, 1.82) is 0 Å². The number of ketones is 1. The monoisotopic (exact) mass is 488 g/mol. The van der Waals surface area contributed by atoms with E-state index in [1.807, 2.05) is 0 Å². The van der Waals surface area contributed by atoms with Gasteiger partial charge < -0.3 is 20.1 Å². The molecule has 5 heteroatoms. The Morgan fingerprint density at radius 2 is 1.69 bits per heavy atom. The lowest BCUT2D eigenvalue weighted by molar-refractivity contribution is -0.238. The Hall–Kier alpha value is -0.750. The number of ether oxygens (including phenoxy) is 1. The molecular weight excluding hydrogens is 440 g/mol. The van der Waals surface area contributed by atoms with Gasteiger partial charge in [-0.25, -0.2) is 0 Å². The fourth-order valence-corrected chi connectivity index (χ4v) is 10.1. The molecule has 0 aromatic carbocycles. The summed E-state index contributed by atoms with van der Waals surface area (Å²) < 4.78 is 5.79. The molecule has 198 valence electrons. The van der Waals surface area contributed by atoms with Gasteiger partial charge in [0.1, 0.15) is 6.10 Å². The molecule has 0 amide bonds. The number of allylic oxidation sites excluding steroid dienone is 2. The van der Waals surface area contributed by atoms with Crippen molar-refractivity contribution < 1.29 is 24.9 Å². The fourth-order valence-electron chi connectivity index (χ4n) is 10.1. The van der Waals surface area contributed by atoms with Gasteiger partial charge in [-0.2, -0.15) is 0 Å². The molecule has 0 spiro atoms. The van der Waals surface area contributed by atoms with Gasteiger partial charge >= 0.3 is 0 Å². The molecule has 5 rings (SSSR count). The highest BCUT2D eigenvalue weighted by atomic mass is 16.6. The average molecular weight is 489 g/mol. The van der Waals surface area contributed by atoms with Gasteiger partial charge in [0.05, 0.1) is 11.7 Å². The zero-order chi connectivity index (χ0) is 25.8. The second-order valence-electron chi connectivity index (χ2n) is 14.7. The topological polar surface area (TPSA) is 87.0 Å². The summed E-state index contributed by atoms with van der Waals surface area (Å²) in [7, 11) is 0. The quantitative estimate of drug-likeness (QED) is 0.475. The minimum Gasteiger partial charge on any atom is -0.393 e. The average Bonchev–Trinajstić information content (AvgIpc) is 3.03. The Kier molecular flexibility index (Phi) is 5.83. The van der Waals surface area contributed by atoms with E-state index < -0.39 is 18.0 Å². The van der Waals surface area contributed by atoms with Crippen LogP contribution in [-0.2, 0) is 9.53 Å². The number of aliphatic hydroxyl groups is 3. The lowest BCUT2D eigenvalue weighted by Gasteiger charge is -2.64.